The van der Waals surface area contributed by atoms with E-state index in [2.05, 4.69) is 22.3 Å². The Bertz CT molecular complexity index is 1180. The summed E-state index contributed by atoms with van der Waals surface area (Å²) < 4.78 is 0. The highest BCUT2D eigenvalue weighted by atomic mass is 16.6. The first kappa shape index (κ1) is 25.8. The number of amides is 3. The molecule has 3 aromatic carbocycles. The average Bonchev–Trinajstić information content (AvgIpc) is 2.92. The van der Waals surface area contributed by atoms with Gasteiger partial charge in [-0.2, -0.15) is 0 Å². The number of carbonyl (C=O) groups is 2. The molecule has 192 valence electrons. The van der Waals surface area contributed by atoms with Gasteiger partial charge in [-0.3, -0.25) is 19.8 Å². The lowest BCUT2D eigenvalue weighted by molar-refractivity contribution is -0.384. The highest BCUT2D eigenvalue weighted by molar-refractivity contribution is 5.89. The molecule has 0 atom stereocenters. The zero-order valence-corrected chi connectivity index (χ0v) is 20.7. The van der Waals surface area contributed by atoms with E-state index < -0.39 is 4.92 Å². The Balaban J connectivity index is 1.32. The van der Waals surface area contributed by atoms with Crippen LogP contribution in [-0.4, -0.2) is 64.3 Å². The van der Waals surface area contributed by atoms with Crippen LogP contribution in [-0.2, 0) is 17.9 Å². The molecule has 1 aliphatic heterocycles. The van der Waals surface area contributed by atoms with Crippen LogP contribution in [0.4, 0.5) is 16.2 Å². The van der Waals surface area contributed by atoms with E-state index in [9.17, 15) is 19.7 Å². The summed E-state index contributed by atoms with van der Waals surface area (Å²) in [6.07, 6.45) is 0.221. The Morgan fingerprint density at radius 3 is 2.03 bits per heavy atom. The predicted molar refractivity (Wildman–Crippen MR) is 142 cm³/mol. The van der Waals surface area contributed by atoms with Gasteiger partial charge in [0.2, 0.25) is 5.91 Å². The van der Waals surface area contributed by atoms with Crippen LogP contribution in [0, 0.1) is 10.1 Å². The fourth-order valence-electron chi connectivity index (χ4n) is 4.31. The molecule has 0 unspecified atom stereocenters. The largest absolute Gasteiger partial charge is 0.340 e. The Kier molecular flexibility index (Phi) is 8.83. The van der Waals surface area contributed by atoms with Crippen molar-refractivity contribution in [1.82, 2.24) is 14.7 Å². The summed E-state index contributed by atoms with van der Waals surface area (Å²) in [4.78, 5) is 42.3. The van der Waals surface area contributed by atoms with Crippen molar-refractivity contribution in [3.05, 3.63) is 106 Å². The monoisotopic (exact) mass is 501 g/mol. The Labute approximate surface area is 216 Å². The van der Waals surface area contributed by atoms with Crippen molar-refractivity contribution in [2.24, 2.45) is 0 Å². The molecule has 3 aromatic rings. The second-order valence-corrected chi connectivity index (χ2v) is 9.03. The summed E-state index contributed by atoms with van der Waals surface area (Å²) in [5, 5.41) is 13.7. The molecule has 1 heterocycles. The van der Waals surface area contributed by atoms with Crippen molar-refractivity contribution in [2.75, 3.05) is 38.0 Å². The second kappa shape index (κ2) is 12.6. The third-order valence-electron chi connectivity index (χ3n) is 6.40. The zero-order valence-electron chi connectivity index (χ0n) is 20.7. The summed E-state index contributed by atoms with van der Waals surface area (Å²) >= 11 is 0. The lowest BCUT2D eigenvalue weighted by Gasteiger charge is -2.35. The molecule has 0 radical (unpaired) electrons. The van der Waals surface area contributed by atoms with Crippen LogP contribution in [0.1, 0.15) is 17.5 Å². The maximum atomic E-state index is 13.1. The number of anilines is 1. The molecule has 1 aliphatic rings. The fourth-order valence-corrected chi connectivity index (χ4v) is 4.31. The normalized spacial score (nSPS) is 13.7. The van der Waals surface area contributed by atoms with Gasteiger partial charge >= 0.3 is 6.03 Å². The van der Waals surface area contributed by atoms with Crippen LogP contribution in [0.25, 0.3) is 0 Å². The molecule has 9 heteroatoms. The smallest absolute Gasteiger partial charge is 0.322 e. The number of benzene rings is 3. The Morgan fingerprint density at radius 1 is 0.838 bits per heavy atom. The zero-order chi connectivity index (χ0) is 26.0. The number of piperazine rings is 1. The number of urea groups is 1. The number of hydrogen-bond acceptors (Lipinski definition) is 5. The van der Waals surface area contributed by atoms with Crippen LogP contribution in [0.3, 0.4) is 0 Å². The number of rotatable bonds is 9. The third-order valence-corrected chi connectivity index (χ3v) is 6.40. The van der Waals surface area contributed by atoms with Gasteiger partial charge in [0.25, 0.3) is 5.69 Å². The highest BCUT2D eigenvalue weighted by Gasteiger charge is 2.23. The maximum Gasteiger partial charge on any atom is 0.322 e. The topological polar surface area (TPSA) is 99.0 Å². The van der Waals surface area contributed by atoms with Gasteiger partial charge in [-0.05, 0) is 23.3 Å². The summed E-state index contributed by atoms with van der Waals surface area (Å²) in [7, 11) is 0. The van der Waals surface area contributed by atoms with Gasteiger partial charge in [0.1, 0.15) is 0 Å². The number of non-ortho nitro benzene ring substituents is 1. The Hall–Kier alpha value is -4.24. The van der Waals surface area contributed by atoms with E-state index in [-0.39, 0.29) is 30.6 Å². The molecule has 0 aromatic heterocycles. The van der Waals surface area contributed by atoms with E-state index in [0.717, 1.165) is 25.2 Å². The summed E-state index contributed by atoms with van der Waals surface area (Å²) in [6.45, 7) is 4.44. The van der Waals surface area contributed by atoms with E-state index in [1.54, 1.807) is 4.90 Å². The number of hydrogen-bond donors (Lipinski definition) is 1. The van der Waals surface area contributed by atoms with Crippen LogP contribution in [0.5, 0.6) is 0 Å². The Morgan fingerprint density at radius 2 is 1.43 bits per heavy atom. The molecule has 0 saturated carbocycles. The molecule has 1 saturated heterocycles. The van der Waals surface area contributed by atoms with Crippen LogP contribution < -0.4 is 5.32 Å². The minimum Gasteiger partial charge on any atom is -0.340 e. The van der Waals surface area contributed by atoms with Gasteiger partial charge in [-0.1, -0.05) is 60.7 Å². The standard InChI is InChI=1S/C28H31N5O4/c34-27(31-19-17-30(18-20-31)21-23-7-3-1-4-8-23)15-16-32(22-24-9-5-2-6-10-24)28(35)29-25-11-13-26(14-12-25)33(36)37/h1-14H,15-22H2,(H,29,35). The minimum absolute atomic E-state index is 0.0283. The first-order chi connectivity index (χ1) is 18.0. The third kappa shape index (κ3) is 7.62. The van der Waals surface area contributed by atoms with Crippen LogP contribution in [0.15, 0.2) is 84.9 Å². The molecule has 1 N–H and O–H groups in total. The number of nitrogens with zero attached hydrogens (tertiary/aromatic N) is 4. The lowest BCUT2D eigenvalue weighted by Crippen LogP contribution is -2.49. The average molecular weight is 502 g/mol. The summed E-state index contributed by atoms with van der Waals surface area (Å²) in [6, 6.07) is 25.2. The lowest BCUT2D eigenvalue weighted by atomic mass is 10.2. The minimum atomic E-state index is -0.486. The van der Waals surface area contributed by atoms with Gasteiger partial charge in [0.15, 0.2) is 0 Å². The molecule has 1 fully saturated rings. The van der Waals surface area contributed by atoms with E-state index in [0.29, 0.717) is 25.3 Å². The van der Waals surface area contributed by atoms with Crippen molar-refractivity contribution in [2.45, 2.75) is 19.5 Å². The first-order valence-corrected chi connectivity index (χ1v) is 12.4. The molecule has 4 rings (SSSR count). The number of carbonyl (C=O) groups excluding carboxylic acids is 2. The van der Waals surface area contributed by atoms with E-state index in [4.69, 9.17) is 0 Å². The number of nitro benzene ring substituents is 1. The molecule has 0 spiro atoms. The van der Waals surface area contributed by atoms with Crippen molar-refractivity contribution >= 4 is 23.3 Å². The molecule has 37 heavy (non-hydrogen) atoms. The van der Waals surface area contributed by atoms with E-state index in [1.165, 1.54) is 29.8 Å². The van der Waals surface area contributed by atoms with Crippen molar-refractivity contribution in [3.63, 3.8) is 0 Å². The second-order valence-electron chi connectivity index (χ2n) is 9.03. The molecule has 3 amide bonds. The molecule has 0 bridgehead atoms. The fraction of sp³-hybridized carbons (Fsp3) is 0.286. The molecule has 9 nitrogen and oxygen atoms in total. The van der Waals surface area contributed by atoms with Crippen molar-refractivity contribution in [1.29, 1.82) is 0 Å². The number of nitrogens with one attached hydrogen (secondary N) is 1. The van der Waals surface area contributed by atoms with Gasteiger partial charge in [0, 0.05) is 70.1 Å². The van der Waals surface area contributed by atoms with E-state index >= 15 is 0 Å². The van der Waals surface area contributed by atoms with Crippen molar-refractivity contribution in [3.8, 4) is 0 Å². The summed E-state index contributed by atoms with van der Waals surface area (Å²) in [5.74, 6) is 0.0283. The van der Waals surface area contributed by atoms with Gasteiger partial charge in [-0.25, -0.2) is 4.79 Å². The molecular weight excluding hydrogens is 470 g/mol. The van der Waals surface area contributed by atoms with Gasteiger partial charge < -0.3 is 15.1 Å². The molecule has 0 aliphatic carbocycles. The quantitative estimate of drug-likeness (QED) is 0.347. The summed E-state index contributed by atoms with van der Waals surface area (Å²) in [5.41, 5.74) is 2.62. The van der Waals surface area contributed by atoms with Crippen LogP contribution in [0.2, 0.25) is 0 Å². The van der Waals surface area contributed by atoms with Gasteiger partial charge in [0.05, 0.1) is 4.92 Å². The number of nitro groups is 1. The molecular formula is C28H31N5O4. The van der Waals surface area contributed by atoms with Crippen molar-refractivity contribution < 1.29 is 14.5 Å². The predicted octanol–water partition coefficient (Wildman–Crippen LogP) is 4.36. The van der Waals surface area contributed by atoms with E-state index in [1.807, 2.05) is 53.4 Å². The van der Waals surface area contributed by atoms with Gasteiger partial charge in [-0.15, -0.1) is 0 Å². The first-order valence-electron chi connectivity index (χ1n) is 12.4. The maximum absolute atomic E-state index is 13.1. The highest BCUT2D eigenvalue weighted by Crippen LogP contribution is 2.17. The van der Waals surface area contributed by atoms with Crippen LogP contribution >= 0.6 is 0 Å². The SMILES string of the molecule is O=C(CCN(Cc1ccccc1)C(=O)Nc1ccc([N+](=O)[O-])cc1)N1CCN(Cc2ccccc2)CC1.